The number of nitrogens with one attached hydrogen (secondary N) is 3. The third kappa shape index (κ3) is 8.59. The molecule has 2 aliphatic heterocycles. The van der Waals surface area contributed by atoms with Crippen LogP contribution in [0.3, 0.4) is 0 Å². The van der Waals surface area contributed by atoms with Crippen LogP contribution in [0.5, 0.6) is 5.75 Å². The van der Waals surface area contributed by atoms with Gasteiger partial charge in [0.2, 0.25) is 0 Å². The van der Waals surface area contributed by atoms with E-state index in [0.29, 0.717) is 54.8 Å². The molecule has 3 heterocycles. The number of allylic oxidation sites excluding steroid dienone is 1. The van der Waals surface area contributed by atoms with Crippen LogP contribution >= 0.6 is 0 Å². The molecule has 0 unspecified atom stereocenters. The van der Waals surface area contributed by atoms with Crippen LogP contribution < -0.4 is 15.4 Å². The number of hydrogen-bond acceptors (Lipinski definition) is 10. The summed E-state index contributed by atoms with van der Waals surface area (Å²) in [6, 6.07) is 11.3. The Balaban J connectivity index is 1.40. The van der Waals surface area contributed by atoms with Crippen molar-refractivity contribution in [1.82, 2.24) is 14.9 Å². The average molecular weight is 632 g/mol. The zero-order chi connectivity index (χ0) is 32.3. The van der Waals surface area contributed by atoms with Gasteiger partial charge >= 0.3 is 0 Å². The largest absolute Gasteiger partial charge is 0.491 e. The van der Waals surface area contributed by atoms with Crippen molar-refractivity contribution in [3.05, 3.63) is 101 Å². The van der Waals surface area contributed by atoms with Crippen molar-refractivity contribution in [2.45, 2.75) is 26.3 Å². The standard InChI is InChI=1S/C34H39F2N7O3/c1-3-23-16-31(41-33(42-32-8-9-38-22-40-32)17-24(23)21-43-10-12-45-13-11-43)34(37)26-6-4-5-7-30(26)39-20-27-28(35)18-25(19-29(27)36)46-15-14-44-2/h4-9,17-19,22,37,39H,3,10-16,20-21H2,1-2H3,(H,38,40,42). The zero-order valence-electron chi connectivity index (χ0n) is 26.1. The van der Waals surface area contributed by atoms with Crippen LogP contribution in [0.25, 0.3) is 0 Å². The van der Waals surface area contributed by atoms with Gasteiger partial charge in [-0.3, -0.25) is 10.3 Å². The highest BCUT2D eigenvalue weighted by Crippen LogP contribution is 2.27. The lowest BCUT2D eigenvalue weighted by Crippen LogP contribution is -2.37. The van der Waals surface area contributed by atoms with Crippen molar-refractivity contribution in [2.24, 2.45) is 4.99 Å². The van der Waals surface area contributed by atoms with Gasteiger partial charge in [-0.2, -0.15) is 0 Å². The first kappa shape index (κ1) is 32.9. The zero-order valence-corrected chi connectivity index (χ0v) is 26.1. The Hall–Kier alpha value is -4.52. The molecule has 0 spiro atoms. The first-order valence-corrected chi connectivity index (χ1v) is 15.3. The van der Waals surface area contributed by atoms with E-state index in [1.165, 1.54) is 19.0 Å². The second kappa shape index (κ2) is 16.2. The first-order valence-electron chi connectivity index (χ1n) is 15.3. The van der Waals surface area contributed by atoms with Gasteiger partial charge in [0.05, 0.1) is 31.2 Å². The molecule has 0 aliphatic carbocycles. The Bertz CT molecular complexity index is 1580. The number of anilines is 2. The predicted molar refractivity (Wildman–Crippen MR) is 175 cm³/mol. The molecule has 0 saturated carbocycles. The van der Waals surface area contributed by atoms with Gasteiger partial charge in [-0.15, -0.1) is 0 Å². The summed E-state index contributed by atoms with van der Waals surface area (Å²) in [6.07, 6.45) is 6.41. The molecular formula is C34H39F2N7O3. The minimum atomic E-state index is -0.725. The number of para-hydroxylation sites is 1. The molecule has 0 amide bonds. The fraction of sp³-hybridized carbons (Fsp3) is 0.353. The fourth-order valence-corrected chi connectivity index (χ4v) is 5.28. The van der Waals surface area contributed by atoms with Crippen LogP contribution in [0, 0.1) is 17.0 Å². The smallest absolute Gasteiger partial charge is 0.134 e. The molecule has 1 aromatic heterocycles. The third-order valence-electron chi connectivity index (χ3n) is 7.78. The van der Waals surface area contributed by atoms with Crippen LogP contribution in [0.15, 0.2) is 83.0 Å². The summed E-state index contributed by atoms with van der Waals surface area (Å²) >= 11 is 0. The van der Waals surface area contributed by atoms with E-state index < -0.39 is 11.6 Å². The van der Waals surface area contributed by atoms with Crippen molar-refractivity contribution in [1.29, 1.82) is 5.41 Å². The molecule has 242 valence electrons. The normalized spacial score (nSPS) is 15.6. The molecule has 0 radical (unpaired) electrons. The highest BCUT2D eigenvalue weighted by atomic mass is 19.1. The lowest BCUT2D eigenvalue weighted by Gasteiger charge is -2.27. The molecule has 1 fully saturated rings. The van der Waals surface area contributed by atoms with Crippen molar-refractivity contribution < 1.29 is 23.0 Å². The number of ether oxygens (including phenoxy) is 3. The molecule has 10 nitrogen and oxygen atoms in total. The maximum Gasteiger partial charge on any atom is 0.134 e. The number of methoxy groups -OCH3 is 1. The molecule has 3 N–H and O–H groups in total. The molecule has 3 aromatic rings. The molecule has 12 heteroatoms. The van der Waals surface area contributed by atoms with Gasteiger partial charge in [-0.05, 0) is 30.2 Å². The molecule has 1 saturated heterocycles. The van der Waals surface area contributed by atoms with E-state index in [-0.39, 0.29) is 30.2 Å². The predicted octanol–water partition coefficient (Wildman–Crippen LogP) is 5.60. The number of nitrogens with zero attached hydrogens (tertiary/aromatic N) is 4. The summed E-state index contributed by atoms with van der Waals surface area (Å²) in [4.78, 5) is 15.6. The Kier molecular flexibility index (Phi) is 11.5. The summed E-state index contributed by atoms with van der Waals surface area (Å²) in [6.45, 7) is 6.29. The molecule has 0 atom stereocenters. The van der Waals surface area contributed by atoms with Crippen molar-refractivity contribution >= 4 is 22.9 Å². The number of aromatic nitrogens is 2. The van der Waals surface area contributed by atoms with Crippen LogP contribution in [0.1, 0.15) is 30.9 Å². The van der Waals surface area contributed by atoms with E-state index >= 15 is 0 Å². The van der Waals surface area contributed by atoms with E-state index in [2.05, 4.69) is 32.4 Å². The number of morpholine rings is 1. The van der Waals surface area contributed by atoms with Crippen LogP contribution in [0.2, 0.25) is 0 Å². The second-order valence-corrected chi connectivity index (χ2v) is 10.8. The number of hydrogen-bond donors (Lipinski definition) is 3. The Morgan fingerprint density at radius 2 is 1.87 bits per heavy atom. The minimum absolute atomic E-state index is 0.0940. The number of halogens is 2. The first-order chi connectivity index (χ1) is 22.4. The van der Waals surface area contributed by atoms with Crippen LogP contribution in [0.4, 0.5) is 20.3 Å². The van der Waals surface area contributed by atoms with E-state index in [1.54, 1.807) is 18.3 Å². The Morgan fingerprint density at radius 1 is 1.09 bits per heavy atom. The minimum Gasteiger partial charge on any atom is -0.491 e. The summed E-state index contributed by atoms with van der Waals surface area (Å²) < 4.78 is 45.7. The summed E-state index contributed by atoms with van der Waals surface area (Å²) in [5.74, 6) is -0.208. The van der Waals surface area contributed by atoms with Gasteiger partial charge in [0.1, 0.15) is 42.0 Å². The highest BCUT2D eigenvalue weighted by Gasteiger charge is 2.22. The maximum atomic E-state index is 14.9. The number of benzene rings is 2. The number of rotatable bonds is 14. The molecule has 5 rings (SSSR count). The Morgan fingerprint density at radius 3 is 2.59 bits per heavy atom. The molecule has 2 aliphatic rings. The molecule has 0 bridgehead atoms. The van der Waals surface area contributed by atoms with Crippen LogP contribution in [-0.4, -0.2) is 79.5 Å². The molecule has 46 heavy (non-hydrogen) atoms. The lowest BCUT2D eigenvalue weighted by molar-refractivity contribution is 0.0425. The van der Waals surface area contributed by atoms with Crippen molar-refractivity contribution in [3.63, 3.8) is 0 Å². The van der Waals surface area contributed by atoms with Crippen molar-refractivity contribution in [2.75, 3.05) is 63.8 Å². The van der Waals surface area contributed by atoms with Crippen molar-refractivity contribution in [3.8, 4) is 5.75 Å². The second-order valence-electron chi connectivity index (χ2n) is 10.8. The van der Waals surface area contributed by atoms with Gasteiger partial charge in [0, 0.05) is 74.9 Å². The SMILES string of the molecule is CCC1=C(CN2CCOCC2)C=C(Nc2ccncn2)N=C(C(=N)c2ccccc2NCc2c(F)cc(OCCOC)cc2F)C1. The third-order valence-corrected chi connectivity index (χ3v) is 7.78. The number of aliphatic imine (C=N–C) groups is 1. The van der Waals surface area contributed by atoms with Gasteiger partial charge in [0.15, 0.2) is 0 Å². The van der Waals surface area contributed by atoms with E-state index in [4.69, 9.17) is 19.2 Å². The maximum absolute atomic E-state index is 14.9. The molecule has 2 aromatic carbocycles. The van der Waals surface area contributed by atoms with E-state index in [0.717, 1.165) is 43.8 Å². The monoisotopic (exact) mass is 631 g/mol. The van der Waals surface area contributed by atoms with Gasteiger partial charge in [-0.1, -0.05) is 30.7 Å². The topological polar surface area (TPSA) is 117 Å². The summed E-state index contributed by atoms with van der Waals surface area (Å²) in [5.41, 5.74) is 4.08. The van der Waals surface area contributed by atoms with Crippen LogP contribution in [-0.2, 0) is 16.0 Å². The van der Waals surface area contributed by atoms with E-state index in [1.807, 2.05) is 24.3 Å². The van der Waals surface area contributed by atoms with Gasteiger partial charge in [0.25, 0.3) is 0 Å². The highest BCUT2D eigenvalue weighted by molar-refractivity contribution is 6.48. The van der Waals surface area contributed by atoms with Gasteiger partial charge in [-0.25, -0.2) is 23.7 Å². The molecular weight excluding hydrogens is 592 g/mol. The average Bonchev–Trinajstić information content (AvgIpc) is 3.24. The summed E-state index contributed by atoms with van der Waals surface area (Å²) in [7, 11) is 1.52. The van der Waals surface area contributed by atoms with Gasteiger partial charge < -0.3 is 24.8 Å². The van der Waals surface area contributed by atoms with E-state index in [9.17, 15) is 14.2 Å². The quantitative estimate of drug-likeness (QED) is 0.156. The lowest BCUT2D eigenvalue weighted by atomic mass is 9.94. The fourth-order valence-electron chi connectivity index (χ4n) is 5.28. The Labute approximate surface area is 267 Å². The summed E-state index contributed by atoms with van der Waals surface area (Å²) in [5, 5.41) is 15.8.